The van der Waals surface area contributed by atoms with Gasteiger partial charge >= 0.3 is 0 Å². The predicted octanol–water partition coefficient (Wildman–Crippen LogP) is 4.05. The number of hydrogen-bond acceptors (Lipinski definition) is 3. The van der Waals surface area contributed by atoms with Crippen LogP contribution in [0.2, 0.25) is 0 Å². The van der Waals surface area contributed by atoms with E-state index in [2.05, 4.69) is 15.4 Å². The van der Waals surface area contributed by atoms with Crippen molar-refractivity contribution >= 4 is 16.8 Å². The summed E-state index contributed by atoms with van der Waals surface area (Å²) in [5, 5.41) is 7.50. The van der Waals surface area contributed by atoms with Crippen LogP contribution in [0, 0.1) is 5.82 Å². The van der Waals surface area contributed by atoms with Crippen molar-refractivity contribution in [2.45, 2.75) is 52.0 Å². The molecule has 2 N–H and O–H groups in total. The molecule has 1 saturated heterocycles. The molecule has 1 aliphatic heterocycles. The third kappa shape index (κ3) is 3.58. The van der Waals surface area contributed by atoms with Gasteiger partial charge in [-0.3, -0.25) is 14.3 Å². The molecule has 3 aromatic rings. The standard InChI is InChI=1S/C24H27FN4O2/c1-4-24(5-2,13-15-9-10-26-22(15)30)18-7-8-20(28-23(18)31)16-11-19(25)17-14-27-29(6-3)21(17)12-16/h7-8,11-14H,4-6,9-10H2,1-3H3,(H,26,30)(H,28,31)/b15-13+. The second-order valence-corrected chi connectivity index (χ2v) is 8.00. The van der Waals surface area contributed by atoms with Gasteiger partial charge in [0.05, 0.1) is 17.1 Å². The average Bonchev–Trinajstić information content (AvgIpc) is 3.38. The number of H-pyrrole nitrogens is 1. The van der Waals surface area contributed by atoms with Gasteiger partial charge in [0.2, 0.25) is 5.91 Å². The number of nitrogens with zero attached hydrogens (tertiary/aromatic N) is 2. The van der Waals surface area contributed by atoms with Gasteiger partial charge in [0.25, 0.3) is 5.56 Å². The Labute approximate surface area is 180 Å². The number of amides is 1. The zero-order chi connectivity index (χ0) is 22.2. The van der Waals surface area contributed by atoms with Crippen molar-refractivity contribution in [3.8, 4) is 11.3 Å². The van der Waals surface area contributed by atoms with Gasteiger partial charge in [0.1, 0.15) is 5.82 Å². The molecule has 31 heavy (non-hydrogen) atoms. The monoisotopic (exact) mass is 422 g/mol. The number of allylic oxidation sites excluding steroid dienone is 1. The number of nitrogens with one attached hydrogen (secondary N) is 2. The molecule has 1 aliphatic rings. The summed E-state index contributed by atoms with van der Waals surface area (Å²) in [6.07, 6.45) is 5.54. The van der Waals surface area contributed by atoms with Gasteiger partial charge in [-0.15, -0.1) is 0 Å². The van der Waals surface area contributed by atoms with E-state index >= 15 is 0 Å². The number of halogens is 1. The lowest BCUT2D eigenvalue weighted by molar-refractivity contribution is -0.116. The summed E-state index contributed by atoms with van der Waals surface area (Å²) in [5.74, 6) is -0.429. The molecule has 0 bridgehead atoms. The summed E-state index contributed by atoms with van der Waals surface area (Å²) in [5.41, 5.74) is 2.43. The van der Waals surface area contributed by atoms with Gasteiger partial charge in [-0.2, -0.15) is 5.10 Å². The number of carbonyl (C=O) groups is 1. The van der Waals surface area contributed by atoms with Gasteiger partial charge in [0, 0.05) is 40.9 Å². The molecule has 0 radical (unpaired) electrons. The quantitative estimate of drug-likeness (QED) is 0.588. The van der Waals surface area contributed by atoms with Crippen LogP contribution in [0.5, 0.6) is 0 Å². The van der Waals surface area contributed by atoms with Crippen LogP contribution in [-0.2, 0) is 16.8 Å². The lowest BCUT2D eigenvalue weighted by Crippen LogP contribution is -2.31. The van der Waals surface area contributed by atoms with Crippen LogP contribution in [0.4, 0.5) is 4.39 Å². The molecular formula is C24H27FN4O2. The van der Waals surface area contributed by atoms with E-state index in [-0.39, 0.29) is 17.3 Å². The van der Waals surface area contributed by atoms with Gasteiger partial charge in [-0.25, -0.2) is 4.39 Å². The highest BCUT2D eigenvalue weighted by molar-refractivity contribution is 5.95. The van der Waals surface area contributed by atoms with E-state index in [0.717, 1.165) is 5.57 Å². The molecule has 0 aliphatic carbocycles. The summed E-state index contributed by atoms with van der Waals surface area (Å²) >= 11 is 0. The third-order valence-electron chi connectivity index (χ3n) is 6.45. The van der Waals surface area contributed by atoms with E-state index in [1.807, 2.05) is 45.0 Å². The number of aromatic amines is 1. The number of fused-ring (bicyclic) bond motifs is 1. The second kappa shape index (κ2) is 8.13. The molecule has 6 nitrogen and oxygen atoms in total. The van der Waals surface area contributed by atoms with Crippen LogP contribution in [-0.4, -0.2) is 27.2 Å². The van der Waals surface area contributed by atoms with Crippen molar-refractivity contribution in [2.75, 3.05) is 6.54 Å². The Balaban J connectivity index is 1.80. The third-order valence-corrected chi connectivity index (χ3v) is 6.45. The van der Waals surface area contributed by atoms with E-state index < -0.39 is 5.41 Å². The Morgan fingerprint density at radius 2 is 1.97 bits per heavy atom. The Morgan fingerprint density at radius 3 is 2.58 bits per heavy atom. The van der Waals surface area contributed by atoms with Crippen LogP contribution >= 0.6 is 0 Å². The zero-order valence-corrected chi connectivity index (χ0v) is 18.1. The van der Waals surface area contributed by atoms with Crippen molar-refractivity contribution in [3.05, 3.63) is 63.8 Å². The molecule has 0 unspecified atom stereocenters. The fourth-order valence-electron chi connectivity index (χ4n) is 4.50. The van der Waals surface area contributed by atoms with E-state index in [1.54, 1.807) is 4.68 Å². The number of aromatic nitrogens is 3. The maximum atomic E-state index is 14.6. The van der Waals surface area contributed by atoms with E-state index in [4.69, 9.17) is 0 Å². The minimum atomic E-state index is -0.529. The van der Waals surface area contributed by atoms with Crippen molar-refractivity contribution in [1.82, 2.24) is 20.1 Å². The molecule has 7 heteroatoms. The maximum Gasteiger partial charge on any atom is 0.252 e. The number of benzene rings is 1. The normalized spacial score (nSPS) is 15.7. The number of hydrogen-bond donors (Lipinski definition) is 2. The van der Waals surface area contributed by atoms with Crippen LogP contribution in [0.25, 0.3) is 22.2 Å². The molecule has 0 atom stereocenters. The average molecular weight is 423 g/mol. The van der Waals surface area contributed by atoms with Crippen LogP contribution in [0.1, 0.15) is 45.6 Å². The van der Waals surface area contributed by atoms with Crippen molar-refractivity contribution in [3.63, 3.8) is 0 Å². The molecule has 4 rings (SSSR count). The maximum absolute atomic E-state index is 14.6. The van der Waals surface area contributed by atoms with Gasteiger partial charge < -0.3 is 10.3 Å². The molecule has 1 fully saturated rings. The molecule has 162 valence electrons. The lowest BCUT2D eigenvalue weighted by atomic mass is 9.74. The molecular weight excluding hydrogens is 395 g/mol. The van der Waals surface area contributed by atoms with Crippen LogP contribution in [0.3, 0.4) is 0 Å². The number of aryl methyl sites for hydroxylation is 1. The summed E-state index contributed by atoms with van der Waals surface area (Å²) < 4.78 is 16.4. The minimum Gasteiger partial charge on any atom is -0.352 e. The number of rotatable bonds is 6. The van der Waals surface area contributed by atoms with Crippen LogP contribution < -0.4 is 10.9 Å². The van der Waals surface area contributed by atoms with Crippen molar-refractivity contribution in [1.29, 1.82) is 0 Å². The first kappa shape index (κ1) is 21.0. The molecule has 0 spiro atoms. The fraction of sp³-hybridized carbons (Fsp3) is 0.375. The number of pyridine rings is 1. The van der Waals surface area contributed by atoms with E-state index in [1.165, 1.54) is 12.3 Å². The summed E-state index contributed by atoms with van der Waals surface area (Å²) in [4.78, 5) is 28.2. The first-order valence-corrected chi connectivity index (χ1v) is 10.8. The molecule has 2 aromatic heterocycles. The zero-order valence-electron chi connectivity index (χ0n) is 18.1. The molecule has 0 saturated carbocycles. The highest BCUT2D eigenvalue weighted by Crippen LogP contribution is 2.34. The highest BCUT2D eigenvalue weighted by Gasteiger charge is 2.31. The van der Waals surface area contributed by atoms with Gasteiger partial charge in [-0.1, -0.05) is 26.0 Å². The fourth-order valence-corrected chi connectivity index (χ4v) is 4.50. The smallest absolute Gasteiger partial charge is 0.252 e. The van der Waals surface area contributed by atoms with Gasteiger partial charge in [-0.05, 0) is 44.4 Å². The second-order valence-electron chi connectivity index (χ2n) is 8.00. The first-order valence-electron chi connectivity index (χ1n) is 10.8. The lowest BCUT2D eigenvalue weighted by Gasteiger charge is -2.28. The first-order chi connectivity index (χ1) is 14.9. The molecule has 1 aromatic carbocycles. The SMILES string of the molecule is CCn1ncc2c(F)cc(-c3ccc(C(/C=C4\CCNC4=O)(CC)CC)c(=O)[nH]3)cc21. The van der Waals surface area contributed by atoms with Crippen molar-refractivity contribution < 1.29 is 9.18 Å². The Morgan fingerprint density at radius 1 is 1.19 bits per heavy atom. The Kier molecular flexibility index (Phi) is 5.52. The van der Waals surface area contributed by atoms with E-state index in [0.29, 0.717) is 60.1 Å². The van der Waals surface area contributed by atoms with Crippen molar-refractivity contribution in [2.24, 2.45) is 0 Å². The van der Waals surface area contributed by atoms with Crippen LogP contribution in [0.15, 0.2) is 46.9 Å². The largest absolute Gasteiger partial charge is 0.352 e. The molecule has 3 heterocycles. The predicted molar refractivity (Wildman–Crippen MR) is 119 cm³/mol. The topological polar surface area (TPSA) is 79.8 Å². The minimum absolute atomic E-state index is 0.0596. The number of carbonyl (C=O) groups excluding carboxylic acids is 1. The Hall–Kier alpha value is -3.22. The molecule has 1 amide bonds. The summed E-state index contributed by atoms with van der Waals surface area (Å²) in [6, 6.07) is 6.89. The van der Waals surface area contributed by atoms with E-state index in [9.17, 15) is 14.0 Å². The summed E-state index contributed by atoms with van der Waals surface area (Å²) in [6.45, 7) is 7.25. The Bertz CT molecular complexity index is 1230. The van der Waals surface area contributed by atoms with Gasteiger partial charge in [0.15, 0.2) is 0 Å². The highest BCUT2D eigenvalue weighted by atomic mass is 19.1. The summed E-state index contributed by atoms with van der Waals surface area (Å²) in [7, 11) is 0.